The minimum atomic E-state index is -0.340. The lowest BCUT2D eigenvalue weighted by molar-refractivity contribution is 0.621. The summed E-state index contributed by atoms with van der Waals surface area (Å²) in [4.78, 5) is 0. The van der Waals surface area contributed by atoms with Crippen LogP contribution in [0.3, 0.4) is 0 Å². The molecule has 0 saturated heterocycles. The fourth-order valence-corrected chi connectivity index (χ4v) is 2.15. The van der Waals surface area contributed by atoms with Gasteiger partial charge in [-0.3, -0.25) is 0 Å². The molecule has 0 aliphatic rings. The van der Waals surface area contributed by atoms with E-state index in [1.54, 1.807) is 0 Å². The van der Waals surface area contributed by atoms with E-state index in [0.29, 0.717) is 22.6 Å². The molecule has 0 radical (unpaired) electrons. The molecule has 0 N–H and O–H groups in total. The molecule has 0 saturated carbocycles. The van der Waals surface area contributed by atoms with Crippen molar-refractivity contribution in [2.45, 2.75) is 53.9 Å². The Kier molecular flexibility index (Phi) is 10.7. The molecule has 0 aliphatic heterocycles. The maximum atomic E-state index is 14.5. The number of hydrogen-bond donors (Lipinski definition) is 0. The fraction of sp³-hybridized carbons (Fsp3) is 0.417. The fourth-order valence-electron chi connectivity index (χ4n) is 2.15. The molecular weight excluding hydrogens is 307 g/mol. The van der Waals surface area contributed by atoms with Gasteiger partial charge in [-0.05, 0) is 47.1 Å². The van der Waals surface area contributed by atoms with Gasteiger partial charge in [0.05, 0.1) is 0 Å². The largest absolute Gasteiger partial charge is 0.207 e. The molecule has 0 amide bonds. The highest BCUT2D eigenvalue weighted by Gasteiger charge is 2.10. The standard InChI is InChI=1S/C24H35F/c1-10-17(4)13-14-19(6)22(9)24(25)16-21(8)20(7)15-23(12-3)18(5)11-2/h13-17,19H,5,7-12H2,1-4,6H3/b14-13-,23-15-,24-16+. The Balaban J connectivity index is 5.13. The minimum absolute atomic E-state index is 0.0482. The summed E-state index contributed by atoms with van der Waals surface area (Å²) in [6.45, 7) is 26.3. The van der Waals surface area contributed by atoms with Gasteiger partial charge in [0.15, 0.2) is 0 Å². The van der Waals surface area contributed by atoms with E-state index in [2.05, 4.69) is 60.1 Å². The summed E-state index contributed by atoms with van der Waals surface area (Å²) in [5.41, 5.74) is 3.94. The smallest absolute Gasteiger partial charge is 0.126 e. The summed E-state index contributed by atoms with van der Waals surface area (Å²) in [5.74, 6) is 0.0995. The van der Waals surface area contributed by atoms with Crippen LogP contribution in [0, 0.1) is 11.8 Å². The molecule has 0 aromatic rings. The molecule has 0 aliphatic carbocycles. The van der Waals surface area contributed by atoms with Crippen LogP contribution in [0.15, 0.2) is 84.3 Å². The highest BCUT2D eigenvalue weighted by molar-refractivity contribution is 5.49. The van der Waals surface area contributed by atoms with Crippen LogP contribution in [0.25, 0.3) is 0 Å². The average Bonchev–Trinajstić information content (AvgIpc) is 2.61. The van der Waals surface area contributed by atoms with E-state index < -0.39 is 0 Å². The van der Waals surface area contributed by atoms with Crippen molar-refractivity contribution in [1.82, 2.24) is 0 Å². The zero-order chi connectivity index (χ0) is 19.6. The van der Waals surface area contributed by atoms with Gasteiger partial charge in [0, 0.05) is 5.92 Å². The highest BCUT2D eigenvalue weighted by atomic mass is 19.1. The normalized spacial score (nSPS) is 15.1. The lowest BCUT2D eigenvalue weighted by atomic mass is 9.95. The van der Waals surface area contributed by atoms with Gasteiger partial charge in [-0.2, -0.15) is 0 Å². The summed E-state index contributed by atoms with van der Waals surface area (Å²) in [5, 5.41) is 0. The topological polar surface area (TPSA) is 0 Å². The van der Waals surface area contributed by atoms with Crippen LogP contribution >= 0.6 is 0 Å². The van der Waals surface area contributed by atoms with E-state index in [1.165, 1.54) is 6.08 Å². The van der Waals surface area contributed by atoms with E-state index >= 15 is 0 Å². The van der Waals surface area contributed by atoms with Crippen molar-refractivity contribution >= 4 is 0 Å². The van der Waals surface area contributed by atoms with E-state index in [0.717, 1.165) is 30.4 Å². The van der Waals surface area contributed by atoms with Crippen molar-refractivity contribution in [3.8, 4) is 0 Å². The Bertz CT molecular complexity index is 596. The Labute approximate surface area is 154 Å². The molecule has 0 spiro atoms. The molecule has 0 nitrogen and oxygen atoms in total. The van der Waals surface area contributed by atoms with Crippen molar-refractivity contribution in [2.75, 3.05) is 0 Å². The molecule has 0 aromatic carbocycles. The lowest BCUT2D eigenvalue weighted by Crippen LogP contribution is -1.97. The molecule has 138 valence electrons. The average molecular weight is 343 g/mol. The zero-order valence-corrected chi connectivity index (χ0v) is 16.8. The third kappa shape index (κ3) is 8.16. The second kappa shape index (κ2) is 11.6. The Morgan fingerprint density at radius 3 is 1.92 bits per heavy atom. The lowest BCUT2D eigenvalue weighted by Gasteiger charge is -2.11. The van der Waals surface area contributed by atoms with Gasteiger partial charge >= 0.3 is 0 Å². The summed E-state index contributed by atoms with van der Waals surface area (Å²) < 4.78 is 14.5. The predicted molar refractivity (Wildman–Crippen MR) is 112 cm³/mol. The molecule has 0 heterocycles. The molecule has 0 aromatic heterocycles. The summed E-state index contributed by atoms with van der Waals surface area (Å²) in [6.07, 6.45) is 10.3. The van der Waals surface area contributed by atoms with Gasteiger partial charge in [-0.25, -0.2) is 4.39 Å². The Morgan fingerprint density at radius 2 is 1.44 bits per heavy atom. The van der Waals surface area contributed by atoms with Crippen LogP contribution in [0.4, 0.5) is 4.39 Å². The molecule has 1 heteroatoms. The third-order valence-electron chi connectivity index (χ3n) is 4.55. The summed E-state index contributed by atoms with van der Waals surface area (Å²) >= 11 is 0. The van der Waals surface area contributed by atoms with E-state index in [-0.39, 0.29) is 11.7 Å². The Morgan fingerprint density at radius 1 is 0.880 bits per heavy atom. The van der Waals surface area contributed by atoms with Gasteiger partial charge in [-0.15, -0.1) is 0 Å². The molecule has 0 fully saturated rings. The number of rotatable bonds is 11. The number of hydrogen-bond acceptors (Lipinski definition) is 0. The van der Waals surface area contributed by atoms with Crippen LogP contribution in [-0.2, 0) is 0 Å². The first-order valence-electron chi connectivity index (χ1n) is 9.19. The van der Waals surface area contributed by atoms with Gasteiger partial charge in [0.2, 0.25) is 0 Å². The predicted octanol–water partition coefficient (Wildman–Crippen LogP) is 8.05. The Hall–Kier alpha value is -1.89. The van der Waals surface area contributed by atoms with Gasteiger partial charge < -0.3 is 0 Å². The van der Waals surface area contributed by atoms with Crippen LogP contribution in [-0.4, -0.2) is 0 Å². The molecule has 2 unspecified atom stereocenters. The van der Waals surface area contributed by atoms with Crippen LogP contribution < -0.4 is 0 Å². The molecule has 0 bridgehead atoms. The first-order chi connectivity index (χ1) is 11.7. The monoisotopic (exact) mass is 342 g/mol. The first-order valence-corrected chi connectivity index (χ1v) is 9.19. The third-order valence-corrected chi connectivity index (χ3v) is 4.55. The number of allylic oxidation sites excluding steroid dienone is 10. The van der Waals surface area contributed by atoms with Crippen molar-refractivity contribution in [3.05, 3.63) is 84.3 Å². The summed E-state index contributed by atoms with van der Waals surface area (Å²) in [6, 6.07) is 0. The highest BCUT2D eigenvalue weighted by Crippen LogP contribution is 2.25. The van der Waals surface area contributed by atoms with Gasteiger partial charge in [0.25, 0.3) is 0 Å². The van der Waals surface area contributed by atoms with Gasteiger partial charge in [-0.1, -0.05) is 91.2 Å². The van der Waals surface area contributed by atoms with Crippen molar-refractivity contribution in [2.24, 2.45) is 11.8 Å². The van der Waals surface area contributed by atoms with E-state index in [4.69, 9.17) is 0 Å². The summed E-state index contributed by atoms with van der Waals surface area (Å²) in [7, 11) is 0. The van der Waals surface area contributed by atoms with Crippen LogP contribution in [0.2, 0.25) is 0 Å². The second-order valence-electron chi connectivity index (χ2n) is 6.61. The van der Waals surface area contributed by atoms with Gasteiger partial charge in [0.1, 0.15) is 5.83 Å². The molecule has 2 atom stereocenters. The molecule has 0 rings (SSSR count). The van der Waals surface area contributed by atoms with Crippen LogP contribution in [0.1, 0.15) is 53.9 Å². The van der Waals surface area contributed by atoms with E-state index in [9.17, 15) is 4.39 Å². The maximum Gasteiger partial charge on any atom is 0.126 e. The van der Waals surface area contributed by atoms with Crippen molar-refractivity contribution in [1.29, 1.82) is 0 Å². The number of halogens is 1. The van der Waals surface area contributed by atoms with E-state index in [1.807, 2.05) is 19.1 Å². The van der Waals surface area contributed by atoms with Crippen molar-refractivity contribution < 1.29 is 4.39 Å². The molecule has 25 heavy (non-hydrogen) atoms. The van der Waals surface area contributed by atoms with Crippen LogP contribution in [0.5, 0.6) is 0 Å². The van der Waals surface area contributed by atoms with Crippen molar-refractivity contribution in [3.63, 3.8) is 0 Å². The SMILES string of the molecule is C=C(/C=C(/CC)C(=C)CC)C(=C)/C=C(/F)C(=C)C(C)/C=C\C(C)CC. The quantitative estimate of drug-likeness (QED) is 0.263. The zero-order valence-electron chi connectivity index (χ0n) is 16.8. The first kappa shape index (κ1) is 23.1. The molecular formula is C24H35F. The minimum Gasteiger partial charge on any atom is -0.207 e. The second-order valence-corrected chi connectivity index (χ2v) is 6.61. The maximum absolute atomic E-state index is 14.5.